The summed E-state index contributed by atoms with van der Waals surface area (Å²) in [7, 11) is 0. The number of benzene rings is 1. The number of anilines is 1. The zero-order valence-electron chi connectivity index (χ0n) is 16.4. The fraction of sp³-hybridized carbons (Fsp3) is 0.400. The normalized spacial score (nSPS) is 15.2. The van der Waals surface area contributed by atoms with Crippen molar-refractivity contribution in [3.63, 3.8) is 0 Å². The van der Waals surface area contributed by atoms with Gasteiger partial charge in [-0.2, -0.15) is 13.2 Å². The summed E-state index contributed by atoms with van der Waals surface area (Å²) in [4.78, 5) is 25.1. The summed E-state index contributed by atoms with van der Waals surface area (Å²) in [5.41, 5.74) is -0.295. The maximum absolute atomic E-state index is 13.2. The summed E-state index contributed by atoms with van der Waals surface area (Å²) in [6, 6.07) is 8.76. The third kappa shape index (κ3) is 4.93. The van der Waals surface area contributed by atoms with Crippen LogP contribution in [-0.2, 0) is 17.4 Å². The van der Waals surface area contributed by atoms with Crippen molar-refractivity contribution < 1.29 is 22.8 Å². The lowest BCUT2D eigenvalue weighted by molar-refractivity contribution is -0.138. The van der Waals surface area contributed by atoms with Crippen LogP contribution in [0.2, 0.25) is 0 Å². The van der Waals surface area contributed by atoms with E-state index in [1.54, 1.807) is 12.1 Å². The Labute approximate surface area is 171 Å². The van der Waals surface area contributed by atoms with E-state index in [0.717, 1.165) is 25.8 Å². The molecule has 0 spiro atoms. The number of halogens is 3. The zero-order valence-corrected chi connectivity index (χ0v) is 16.4. The molecule has 3 rings (SSSR count). The van der Waals surface area contributed by atoms with E-state index in [1.807, 2.05) is 4.90 Å². The van der Waals surface area contributed by atoms with E-state index < -0.39 is 23.6 Å². The molecule has 0 radical (unpaired) electrons. The van der Waals surface area contributed by atoms with Crippen LogP contribution in [0.25, 0.3) is 0 Å². The van der Waals surface area contributed by atoms with Crippen molar-refractivity contribution in [2.24, 2.45) is 11.8 Å². The Kier molecular flexibility index (Phi) is 6.35. The molecule has 2 heterocycles. The monoisotopic (exact) mass is 421 g/mol. The van der Waals surface area contributed by atoms with Crippen LogP contribution in [0.15, 0.2) is 36.4 Å². The number of nitrogens with zero attached hydrogens (tertiary/aromatic N) is 4. The summed E-state index contributed by atoms with van der Waals surface area (Å²) >= 11 is 0. The average Bonchev–Trinajstić information content (AvgIpc) is 2.73. The number of hydrogen-bond donors (Lipinski definition) is 1. The lowest BCUT2D eigenvalue weighted by Gasteiger charge is -2.33. The number of piperidine rings is 1. The largest absolute Gasteiger partial charge is 0.416 e. The third-order valence-corrected chi connectivity index (χ3v) is 5.20. The van der Waals surface area contributed by atoms with E-state index in [-0.39, 0.29) is 11.6 Å². The minimum Gasteiger partial charge on any atom is -0.355 e. The molecule has 10 heteroatoms. The van der Waals surface area contributed by atoms with Crippen molar-refractivity contribution in [1.29, 1.82) is 0 Å². The van der Waals surface area contributed by atoms with Gasteiger partial charge in [0, 0.05) is 20.0 Å². The molecular weight excluding hydrogens is 399 g/mol. The first kappa shape index (κ1) is 21.7. The number of aromatic nitrogens is 2. The van der Waals surface area contributed by atoms with Crippen molar-refractivity contribution in [3.8, 4) is 0 Å². The van der Waals surface area contributed by atoms with E-state index in [9.17, 15) is 22.8 Å². The van der Waals surface area contributed by atoms with Gasteiger partial charge in [-0.25, -0.2) is 10.9 Å². The van der Waals surface area contributed by atoms with Gasteiger partial charge in [-0.3, -0.25) is 9.59 Å². The molecule has 2 aromatic rings. The molecule has 0 unspecified atom stereocenters. The topological polar surface area (TPSA) is 92.4 Å². The van der Waals surface area contributed by atoms with Crippen molar-refractivity contribution in [2.75, 3.05) is 18.0 Å². The molecule has 7 nitrogen and oxygen atoms in total. The van der Waals surface area contributed by atoms with Gasteiger partial charge in [0.05, 0.1) is 5.56 Å². The van der Waals surface area contributed by atoms with Gasteiger partial charge in [0.25, 0.3) is 5.91 Å². The second kappa shape index (κ2) is 8.78. The molecule has 1 fully saturated rings. The highest BCUT2D eigenvalue weighted by Crippen LogP contribution is 2.34. The molecule has 1 aliphatic rings. The van der Waals surface area contributed by atoms with Crippen LogP contribution in [0.3, 0.4) is 0 Å². The highest BCUT2D eigenvalue weighted by Gasteiger charge is 2.33. The fourth-order valence-electron chi connectivity index (χ4n) is 3.53. The number of hydrogen-bond acceptors (Lipinski definition) is 6. The molecule has 2 amide bonds. The molecule has 2 N–H and O–H groups in total. The molecule has 1 saturated heterocycles. The van der Waals surface area contributed by atoms with Crippen molar-refractivity contribution in [1.82, 2.24) is 15.2 Å². The van der Waals surface area contributed by atoms with Crippen LogP contribution in [0.5, 0.6) is 0 Å². The average molecular weight is 421 g/mol. The van der Waals surface area contributed by atoms with Gasteiger partial charge in [0.2, 0.25) is 5.91 Å². The quantitative estimate of drug-likeness (QED) is 0.464. The predicted octanol–water partition coefficient (Wildman–Crippen LogP) is 2.82. The summed E-state index contributed by atoms with van der Waals surface area (Å²) in [6.45, 7) is 2.41. The van der Waals surface area contributed by atoms with Gasteiger partial charge in [-0.1, -0.05) is 18.2 Å². The molecule has 30 heavy (non-hydrogen) atoms. The minimum atomic E-state index is -4.35. The molecule has 1 aromatic heterocycles. The van der Waals surface area contributed by atoms with E-state index in [1.165, 1.54) is 18.2 Å². The Morgan fingerprint density at radius 1 is 1.13 bits per heavy atom. The van der Waals surface area contributed by atoms with Crippen LogP contribution < -0.4 is 10.7 Å². The van der Waals surface area contributed by atoms with Crippen molar-refractivity contribution in [2.45, 2.75) is 32.4 Å². The lowest BCUT2D eigenvalue weighted by atomic mass is 9.88. The van der Waals surface area contributed by atoms with Gasteiger partial charge in [-0.15, -0.1) is 10.2 Å². The van der Waals surface area contributed by atoms with E-state index in [4.69, 9.17) is 5.84 Å². The molecule has 0 aliphatic carbocycles. The highest BCUT2D eigenvalue weighted by atomic mass is 19.4. The van der Waals surface area contributed by atoms with Crippen LogP contribution in [0, 0.1) is 5.92 Å². The molecule has 1 aromatic carbocycles. The Morgan fingerprint density at radius 3 is 2.37 bits per heavy atom. The number of rotatable bonds is 4. The molecule has 1 aliphatic heterocycles. The fourth-order valence-corrected chi connectivity index (χ4v) is 3.53. The van der Waals surface area contributed by atoms with E-state index >= 15 is 0 Å². The van der Waals surface area contributed by atoms with Gasteiger partial charge in [-0.05, 0) is 48.9 Å². The SMILES string of the molecule is CC(=O)N(N)C(=O)c1ccc(N2CCC(Cc3ccccc3C(F)(F)F)CC2)nn1. The molecule has 0 atom stereocenters. The maximum Gasteiger partial charge on any atom is 0.416 e. The van der Waals surface area contributed by atoms with Crippen LogP contribution >= 0.6 is 0 Å². The number of carbonyl (C=O) groups is 2. The molecule has 0 bridgehead atoms. The van der Waals surface area contributed by atoms with Crippen molar-refractivity contribution >= 4 is 17.6 Å². The zero-order chi connectivity index (χ0) is 21.9. The second-order valence-electron chi connectivity index (χ2n) is 7.26. The molecule has 160 valence electrons. The van der Waals surface area contributed by atoms with E-state index in [0.29, 0.717) is 35.9 Å². The lowest BCUT2D eigenvalue weighted by Crippen LogP contribution is -2.41. The molecular formula is C20H22F3N5O2. The van der Waals surface area contributed by atoms with Crippen LogP contribution in [0.1, 0.15) is 41.4 Å². The van der Waals surface area contributed by atoms with Crippen LogP contribution in [0.4, 0.5) is 19.0 Å². The first-order chi connectivity index (χ1) is 14.2. The minimum absolute atomic E-state index is 0.0462. The first-order valence-corrected chi connectivity index (χ1v) is 9.50. The Morgan fingerprint density at radius 2 is 1.80 bits per heavy atom. The maximum atomic E-state index is 13.2. The Balaban J connectivity index is 1.60. The summed E-state index contributed by atoms with van der Waals surface area (Å²) < 4.78 is 39.6. The van der Waals surface area contributed by atoms with Gasteiger partial charge in [0.15, 0.2) is 11.5 Å². The van der Waals surface area contributed by atoms with Crippen molar-refractivity contribution in [3.05, 3.63) is 53.2 Å². The number of amides is 2. The van der Waals surface area contributed by atoms with Gasteiger partial charge < -0.3 is 4.90 Å². The number of nitrogens with two attached hydrogens (primary N) is 1. The highest BCUT2D eigenvalue weighted by molar-refractivity contribution is 6.02. The second-order valence-corrected chi connectivity index (χ2v) is 7.26. The number of alkyl halides is 3. The number of hydrazine groups is 1. The summed E-state index contributed by atoms with van der Waals surface area (Å²) in [5.74, 6) is 4.72. The number of carbonyl (C=O) groups excluding carboxylic acids is 2. The number of imide groups is 1. The van der Waals surface area contributed by atoms with Gasteiger partial charge in [0.1, 0.15) is 0 Å². The smallest absolute Gasteiger partial charge is 0.355 e. The Hall–Kier alpha value is -3.01. The standard InChI is InChI=1S/C20H22F3N5O2/c1-13(29)28(24)19(30)17-6-7-18(26-25-17)27-10-8-14(9-11-27)12-15-4-2-3-5-16(15)20(21,22)23/h2-7,14H,8-12,24H2,1H3. The predicted molar refractivity (Wildman–Crippen MR) is 103 cm³/mol. The summed E-state index contributed by atoms with van der Waals surface area (Å²) in [6.07, 6.45) is -2.54. The van der Waals surface area contributed by atoms with Gasteiger partial charge >= 0.3 is 6.18 Å². The molecule has 0 saturated carbocycles. The third-order valence-electron chi connectivity index (χ3n) is 5.20. The Bertz CT molecular complexity index is 909. The van der Waals surface area contributed by atoms with Crippen LogP contribution in [-0.4, -0.2) is 40.1 Å². The first-order valence-electron chi connectivity index (χ1n) is 9.50. The van der Waals surface area contributed by atoms with E-state index in [2.05, 4.69) is 10.2 Å². The summed E-state index contributed by atoms with van der Waals surface area (Å²) in [5, 5.41) is 8.34.